The van der Waals surface area contributed by atoms with Gasteiger partial charge in [0, 0.05) is 11.8 Å². The highest BCUT2D eigenvalue weighted by atomic mass is 32.2. The Hall–Kier alpha value is -2.13. The normalized spacial score (nSPS) is 11.1. The average molecular weight is 247 g/mol. The molecule has 0 atom stereocenters. The van der Waals surface area contributed by atoms with Crippen molar-refractivity contribution >= 4 is 9.84 Å². The summed E-state index contributed by atoms with van der Waals surface area (Å²) >= 11 is 0. The third-order valence-electron chi connectivity index (χ3n) is 2.32. The van der Waals surface area contributed by atoms with E-state index in [4.69, 9.17) is 5.26 Å². The molecule has 0 unspecified atom stereocenters. The van der Waals surface area contributed by atoms with Gasteiger partial charge in [0.1, 0.15) is 6.07 Å². The topological polar surface area (TPSA) is 86.6 Å². The standard InChI is InChI=1S/C11H9N3O2S/c1-17(15,16)9-4-2-8(3-5-9)11-10(6-12)13-7-14-11/h2-5,7H,1H3,(H,13,14). The van der Waals surface area contributed by atoms with Crippen LogP contribution in [0.3, 0.4) is 0 Å². The molecule has 5 nitrogen and oxygen atoms in total. The number of rotatable bonds is 2. The van der Waals surface area contributed by atoms with Gasteiger partial charge in [-0.05, 0) is 12.1 Å². The lowest BCUT2D eigenvalue weighted by Crippen LogP contribution is -1.96. The molecule has 0 fully saturated rings. The maximum Gasteiger partial charge on any atom is 0.175 e. The Morgan fingerprint density at radius 2 is 1.94 bits per heavy atom. The van der Waals surface area contributed by atoms with Gasteiger partial charge in [-0.15, -0.1) is 0 Å². The molecule has 86 valence electrons. The Labute approximate surface area is 98.7 Å². The maximum atomic E-state index is 11.3. The fourth-order valence-corrected chi connectivity index (χ4v) is 2.10. The molecule has 0 amide bonds. The quantitative estimate of drug-likeness (QED) is 0.867. The number of nitrogens with zero attached hydrogens (tertiary/aromatic N) is 2. The Morgan fingerprint density at radius 1 is 1.29 bits per heavy atom. The van der Waals surface area contributed by atoms with Gasteiger partial charge in [0.2, 0.25) is 0 Å². The molecule has 1 heterocycles. The first-order chi connectivity index (χ1) is 8.02. The summed E-state index contributed by atoms with van der Waals surface area (Å²) < 4.78 is 22.6. The minimum atomic E-state index is -3.19. The van der Waals surface area contributed by atoms with E-state index in [1.165, 1.54) is 18.5 Å². The first kappa shape index (κ1) is 11.4. The molecule has 0 spiro atoms. The molecule has 1 N–H and O–H groups in total. The van der Waals surface area contributed by atoms with Crippen LogP contribution in [0, 0.1) is 11.3 Å². The van der Waals surface area contributed by atoms with Crippen LogP contribution in [0.4, 0.5) is 0 Å². The molecule has 1 aromatic heterocycles. The third kappa shape index (κ3) is 2.19. The fraction of sp³-hybridized carbons (Fsp3) is 0.0909. The number of H-pyrrole nitrogens is 1. The van der Waals surface area contributed by atoms with E-state index in [0.29, 0.717) is 5.69 Å². The third-order valence-corrected chi connectivity index (χ3v) is 3.44. The molecule has 6 heteroatoms. The van der Waals surface area contributed by atoms with Crippen LogP contribution in [0.5, 0.6) is 0 Å². The van der Waals surface area contributed by atoms with Crippen LogP contribution in [0.1, 0.15) is 5.69 Å². The van der Waals surface area contributed by atoms with E-state index in [2.05, 4.69) is 9.97 Å². The lowest BCUT2D eigenvalue weighted by Gasteiger charge is -2.01. The molecule has 0 saturated carbocycles. The summed E-state index contributed by atoms with van der Waals surface area (Å²) in [5, 5.41) is 8.82. The molecule has 0 radical (unpaired) electrons. The number of benzene rings is 1. The van der Waals surface area contributed by atoms with E-state index in [9.17, 15) is 8.42 Å². The minimum absolute atomic E-state index is 0.249. The smallest absolute Gasteiger partial charge is 0.175 e. The monoisotopic (exact) mass is 247 g/mol. The summed E-state index contributed by atoms with van der Waals surface area (Å²) in [5.41, 5.74) is 1.61. The Morgan fingerprint density at radius 3 is 2.47 bits per heavy atom. The summed E-state index contributed by atoms with van der Waals surface area (Å²) in [6.45, 7) is 0. The summed E-state index contributed by atoms with van der Waals surface area (Å²) in [5.74, 6) is 0. The molecule has 0 aliphatic carbocycles. The van der Waals surface area contributed by atoms with Crippen molar-refractivity contribution in [2.75, 3.05) is 6.26 Å². The second-order valence-corrected chi connectivity index (χ2v) is 5.55. The van der Waals surface area contributed by atoms with Crippen LogP contribution in [0.25, 0.3) is 11.3 Å². The van der Waals surface area contributed by atoms with Crippen molar-refractivity contribution in [3.05, 3.63) is 36.3 Å². The number of imidazole rings is 1. The van der Waals surface area contributed by atoms with Crippen molar-refractivity contribution in [2.45, 2.75) is 4.90 Å². The van der Waals surface area contributed by atoms with Gasteiger partial charge in [-0.2, -0.15) is 5.26 Å². The second-order valence-electron chi connectivity index (χ2n) is 3.53. The highest BCUT2D eigenvalue weighted by Crippen LogP contribution is 2.21. The molecule has 2 aromatic rings. The average Bonchev–Trinajstić information content (AvgIpc) is 2.76. The Bertz CT molecular complexity index is 678. The van der Waals surface area contributed by atoms with Crippen LogP contribution in [-0.2, 0) is 9.84 Å². The second kappa shape index (κ2) is 4.03. The lowest BCUT2D eigenvalue weighted by atomic mass is 10.1. The first-order valence-electron chi connectivity index (χ1n) is 4.76. The number of aromatic amines is 1. The van der Waals surface area contributed by atoms with Crippen LogP contribution in [0.2, 0.25) is 0 Å². The van der Waals surface area contributed by atoms with Crippen molar-refractivity contribution < 1.29 is 8.42 Å². The summed E-state index contributed by atoms with van der Waals surface area (Å²) in [7, 11) is -3.19. The van der Waals surface area contributed by atoms with E-state index in [1.54, 1.807) is 12.1 Å². The van der Waals surface area contributed by atoms with Gasteiger partial charge in [0.15, 0.2) is 15.5 Å². The number of nitrogens with one attached hydrogen (secondary N) is 1. The SMILES string of the molecule is CS(=O)(=O)c1ccc(-c2[nH]cnc2C#N)cc1. The zero-order valence-electron chi connectivity index (χ0n) is 9.01. The van der Waals surface area contributed by atoms with Crippen LogP contribution >= 0.6 is 0 Å². The first-order valence-corrected chi connectivity index (χ1v) is 6.65. The van der Waals surface area contributed by atoms with Crippen molar-refractivity contribution in [3.8, 4) is 17.3 Å². The summed E-state index contributed by atoms with van der Waals surface area (Å²) in [6, 6.07) is 8.26. The largest absolute Gasteiger partial charge is 0.343 e. The molecule has 2 rings (SSSR count). The highest BCUT2D eigenvalue weighted by molar-refractivity contribution is 7.90. The molecule has 0 aliphatic rings. The van der Waals surface area contributed by atoms with E-state index < -0.39 is 9.84 Å². The van der Waals surface area contributed by atoms with Crippen LogP contribution < -0.4 is 0 Å². The number of nitriles is 1. The number of aromatic nitrogens is 2. The van der Waals surface area contributed by atoms with Crippen LogP contribution in [0.15, 0.2) is 35.5 Å². The zero-order chi connectivity index (χ0) is 12.5. The Kier molecular flexibility index (Phi) is 2.69. The van der Waals surface area contributed by atoms with Crippen molar-refractivity contribution in [1.82, 2.24) is 9.97 Å². The van der Waals surface area contributed by atoms with Gasteiger partial charge in [-0.1, -0.05) is 12.1 Å². The molecule has 17 heavy (non-hydrogen) atoms. The van der Waals surface area contributed by atoms with Gasteiger partial charge in [-0.25, -0.2) is 13.4 Å². The van der Waals surface area contributed by atoms with Gasteiger partial charge in [0.05, 0.1) is 16.9 Å². The highest BCUT2D eigenvalue weighted by Gasteiger charge is 2.10. The van der Waals surface area contributed by atoms with Gasteiger partial charge in [0.25, 0.3) is 0 Å². The van der Waals surface area contributed by atoms with Gasteiger partial charge in [-0.3, -0.25) is 0 Å². The van der Waals surface area contributed by atoms with Crippen molar-refractivity contribution in [1.29, 1.82) is 5.26 Å². The van der Waals surface area contributed by atoms with Crippen molar-refractivity contribution in [2.24, 2.45) is 0 Å². The molecule has 0 saturated heterocycles. The lowest BCUT2D eigenvalue weighted by molar-refractivity contribution is 0.602. The minimum Gasteiger partial charge on any atom is -0.343 e. The molecule has 0 aliphatic heterocycles. The maximum absolute atomic E-state index is 11.3. The molecular weight excluding hydrogens is 238 g/mol. The van der Waals surface area contributed by atoms with E-state index in [1.807, 2.05) is 6.07 Å². The van der Waals surface area contributed by atoms with Crippen LogP contribution in [-0.4, -0.2) is 24.6 Å². The van der Waals surface area contributed by atoms with Gasteiger partial charge < -0.3 is 4.98 Å². The van der Waals surface area contributed by atoms with E-state index in [0.717, 1.165) is 11.8 Å². The Balaban J connectivity index is 2.47. The summed E-state index contributed by atoms with van der Waals surface area (Å²) in [6.07, 6.45) is 2.58. The number of hydrogen-bond acceptors (Lipinski definition) is 4. The predicted octanol–water partition coefficient (Wildman–Crippen LogP) is 1.35. The van der Waals surface area contributed by atoms with E-state index in [-0.39, 0.29) is 10.6 Å². The predicted molar refractivity (Wildman–Crippen MR) is 61.8 cm³/mol. The fourth-order valence-electron chi connectivity index (χ4n) is 1.47. The number of sulfone groups is 1. The molecule has 0 bridgehead atoms. The van der Waals surface area contributed by atoms with Crippen molar-refractivity contribution in [3.63, 3.8) is 0 Å². The molecule has 1 aromatic carbocycles. The zero-order valence-corrected chi connectivity index (χ0v) is 9.82. The van der Waals surface area contributed by atoms with Gasteiger partial charge >= 0.3 is 0 Å². The number of hydrogen-bond donors (Lipinski definition) is 1. The molecular formula is C11H9N3O2S. The van der Waals surface area contributed by atoms with E-state index >= 15 is 0 Å². The summed E-state index contributed by atoms with van der Waals surface area (Å²) in [4.78, 5) is 6.94.